The van der Waals surface area contributed by atoms with Crippen LogP contribution in [0.5, 0.6) is 0 Å². The first-order valence-electron chi connectivity index (χ1n) is 16.3. The molecule has 2 aliphatic rings. The van der Waals surface area contributed by atoms with Gasteiger partial charge in [-0.1, -0.05) is 6.07 Å². The number of nitrogens with zero attached hydrogens (tertiary/aromatic N) is 7. The summed E-state index contributed by atoms with van der Waals surface area (Å²) in [6.45, 7) is 10.9. The molecule has 2 aliphatic heterocycles. The molecule has 0 saturated carbocycles. The van der Waals surface area contributed by atoms with Crippen LogP contribution in [0.4, 0.5) is 24.9 Å². The van der Waals surface area contributed by atoms with Crippen LogP contribution < -0.4 is 10.6 Å². The molecule has 3 aromatic heterocycles. The zero-order valence-corrected chi connectivity index (χ0v) is 29.4. The molecule has 6 rings (SSSR count). The van der Waals surface area contributed by atoms with Crippen molar-refractivity contribution >= 4 is 55.2 Å². The monoisotopic (exact) mass is 701 g/mol. The summed E-state index contributed by atoms with van der Waals surface area (Å²) in [5, 5.41) is 18.2. The fraction of sp³-hybridized carbons (Fsp3) is 0.545. The zero-order valence-electron chi connectivity index (χ0n) is 27.7. The topological polar surface area (TPSA) is 105 Å². The second kappa shape index (κ2) is 14.3. The minimum absolute atomic E-state index is 0.139. The highest BCUT2D eigenvalue weighted by Gasteiger charge is 2.30. The van der Waals surface area contributed by atoms with Gasteiger partial charge in [-0.15, -0.1) is 11.3 Å². The number of piperidine rings is 1. The maximum atomic E-state index is 13.1. The highest BCUT2D eigenvalue weighted by atomic mass is 32.2. The SMILES string of the molecule is CNc1nc(NC2CCN(Cc3ccc4c(cc(C#N)n4CC(C)N4CCN(S(C)=O)CC4)c3C)CC2)c2cc(CC(F)(F)F)sc2n1. The predicted octanol–water partition coefficient (Wildman–Crippen LogP) is 5.35. The first-order chi connectivity index (χ1) is 22.9. The molecule has 0 radical (unpaired) electrons. The van der Waals surface area contributed by atoms with Crippen molar-refractivity contribution in [2.45, 2.75) is 64.5 Å². The van der Waals surface area contributed by atoms with E-state index in [0.29, 0.717) is 34.2 Å². The molecule has 2 unspecified atom stereocenters. The summed E-state index contributed by atoms with van der Waals surface area (Å²) < 4.78 is 55.2. The number of halogens is 3. The first kappa shape index (κ1) is 34.6. The molecule has 2 N–H and O–H groups in total. The molecule has 5 heterocycles. The van der Waals surface area contributed by atoms with E-state index in [-0.39, 0.29) is 17.0 Å². The Morgan fingerprint density at radius 1 is 1.10 bits per heavy atom. The smallest absolute Gasteiger partial charge is 0.367 e. The number of anilines is 2. The number of fused-ring (bicyclic) bond motifs is 2. The van der Waals surface area contributed by atoms with E-state index in [1.54, 1.807) is 19.4 Å². The Bertz CT molecular complexity index is 1830. The molecule has 10 nitrogen and oxygen atoms in total. The standard InChI is InChI=1S/C33H42F3N9OS2/c1-21(43-11-13-44(14-12-43)48(4)46)19-45-25(18-37)15-27-22(2)23(5-6-29(27)45)20-42-9-7-24(8-10-42)39-30-28-16-26(17-33(34,35)36)47-31(28)41-32(38-3)40-30/h5-6,15-16,21,24H,7-14,17,19-20H2,1-4H3,(H2,38,39,40,41). The second-order valence-electron chi connectivity index (χ2n) is 12.8. The molecule has 4 aromatic rings. The maximum Gasteiger partial charge on any atom is 0.393 e. The number of alkyl halides is 3. The van der Waals surface area contributed by atoms with Gasteiger partial charge in [0.15, 0.2) is 0 Å². The van der Waals surface area contributed by atoms with Crippen molar-refractivity contribution in [3.05, 3.63) is 46.0 Å². The molecular weight excluding hydrogens is 660 g/mol. The van der Waals surface area contributed by atoms with Gasteiger partial charge in [0.2, 0.25) is 5.95 Å². The minimum Gasteiger partial charge on any atom is -0.367 e. The fourth-order valence-electron chi connectivity index (χ4n) is 6.91. The lowest BCUT2D eigenvalue weighted by Gasteiger charge is -2.37. The van der Waals surface area contributed by atoms with Crippen molar-refractivity contribution in [1.29, 1.82) is 5.26 Å². The van der Waals surface area contributed by atoms with Crippen LogP contribution in [0.25, 0.3) is 21.1 Å². The summed E-state index contributed by atoms with van der Waals surface area (Å²) in [5.74, 6) is 0.950. The Morgan fingerprint density at radius 2 is 1.83 bits per heavy atom. The van der Waals surface area contributed by atoms with Crippen molar-refractivity contribution in [2.75, 3.05) is 63.2 Å². The van der Waals surface area contributed by atoms with E-state index in [9.17, 15) is 22.6 Å². The first-order valence-corrected chi connectivity index (χ1v) is 18.6. The molecule has 0 amide bonds. The van der Waals surface area contributed by atoms with Gasteiger partial charge in [0.25, 0.3) is 0 Å². The lowest BCUT2D eigenvalue weighted by molar-refractivity contribution is -0.126. The summed E-state index contributed by atoms with van der Waals surface area (Å²) >= 11 is 1.06. The number of nitriles is 1. The average molecular weight is 702 g/mol. The normalized spacial score (nSPS) is 18.7. The number of thiophene rings is 1. The predicted molar refractivity (Wildman–Crippen MR) is 187 cm³/mol. The van der Waals surface area contributed by atoms with E-state index in [4.69, 9.17) is 0 Å². The Labute approximate surface area is 285 Å². The largest absolute Gasteiger partial charge is 0.393 e. The van der Waals surface area contributed by atoms with Crippen LogP contribution in [0.1, 0.15) is 41.5 Å². The summed E-state index contributed by atoms with van der Waals surface area (Å²) in [4.78, 5) is 14.6. The number of piperazine rings is 1. The van der Waals surface area contributed by atoms with E-state index < -0.39 is 23.6 Å². The fourth-order valence-corrected chi connectivity index (χ4v) is 8.65. The Balaban J connectivity index is 1.10. The third-order valence-corrected chi connectivity index (χ3v) is 11.8. The van der Waals surface area contributed by atoms with Crippen LogP contribution in [0.15, 0.2) is 24.3 Å². The van der Waals surface area contributed by atoms with Crippen molar-refractivity contribution in [1.82, 2.24) is 28.6 Å². The Hall–Kier alpha value is -3.29. The van der Waals surface area contributed by atoms with E-state index in [0.717, 1.165) is 80.9 Å². The number of hydrogen-bond donors (Lipinski definition) is 2. The zero-order chi connectivity index (χ0) is 34.2. The maximum absolute atomic E-state index is 13.1. The van der Waals surface area contributed by atoms with Crippen LogP contribution >= 0.6 is 11.3 Å². The van der Waals surface area contributed by atoms with E-state index in [1.807, 2.05) is 10.4 Å². The second-order valence-corrected chi connectivity index (χ2v) is 15.3. The summed E-state index contributed by atoms with van der Waals surface area (Å²) in [5.41, 5.74) is 4.15. The van der Waals surface area contributed by atoms with Gasteiger partial charge in [-0.2, -0.15) is 23.4 Å². The third-order valence-electron chi connectivity index (χ3n) is 9.65. The Morgan fingerprint density at radius 3 is 2.48 bits per heavy atom. The molecule has 0 aliphatic carbocycles. The number of hydrogen-bond acceptors (Lipinski definition) is 9. The molecule has 2 atom stereocenters. The van der Waals surface area contributed by atoms with Crippen LogP contribution in [-0.2, 0) is 30.5 Å². The van der Waals surface area contributed by atoms with Gasteiger partial charge in [-0.25, -0.2) is 13.5 Å². The lowest BCUT2D eigenvalue weighted by atomic mass is 10.0. The van der Waals surface area contributed by atoms with Gasteiger partial charge < -0.3 is 15.2 Å². The van der Waals surface area contributed by atoms with Crippen molar-refractivity contribution in [2.24, 2.45) is 0 Å². The highest BCUT2D eigenvalue weighted by Crippen LogP contribution is 2.35. The van der Waals surface area contributed by atoms with Gasteiger partial charge in [-0.3, -0.25) is 9.80 Å². The van der Waals surface area contributed by atoms with Crippen LogP contribution in [0, 0.1) is 18.3 Å². The quantitative estimate of drug-likeness (QED) is 0.228. The molecule has 15 heteroatoms. The average Bonchev–Trinajstić information content (AvgIpc) is 3.63. The number of nitrogens with one attached hydrogen (secondary N) is 2. The minimum atomic E-state index is -4.28. The van der Waals surface area contributed by atoms with Gasteiger partial charge in [0.05, 0.1) is 22.8 Å². The van der Waals surface area contributed by atoms with Crippen molar-refractivity contribution in [3.8, 4) is 6.07 Å². The van der Waals surface area contributed by atoms with Crippen LogP contribution in [-0.4, -0.2) is 104 Å². The number of rotatable bonds is 10. The molecular formula is C33H42F3N9OS2. The molecule has 2 saturated heterocycles. The molecule has 48 heavy (non-hydrogen) atoms. The van der Waals surface area contributed by atoms with Crippen molar-refractivity contribution < 1.29 is 17.4 Å². The molecule has 258 valence electrons. The van der Waals surface area contributed by atoms with Gasteiger partial charge in [0, 0.05) is 93.5 Å². The molecule has 0 spiro atoms. The molecule has 2 fully saturated rings. The lowest BCUT2D eigenvalue weighted by Crippen LogP contribution is -2.50. The summed E-state index contributed by atoms with van der Waals surface area (Å²) in [6, 6.07) is 10.7. The van der Waals surface area contributed by atoms with E-state index in [1.165, 1.54) is 11.1 Å². The van der Waals surface area contributed by atoms with Gasteiger partial charge in [-0.05, 0) is 56.0 Å². The van der Waals surface area contributed by atoms with E-state index >= 15 is 0 Å². The van der Waals surface area contributed by atoms with Gasteiger partial charge in [0.1, 0.15) is 22.4 Å². The van der Waals surface area contributed by atoms with Crippen LogP contribution in [0.2, 0.25) is 0 Å². The number of likely N-dealkylation sites (tertiary alicyclic amines) is 1. The summed E-state index contributed by atoms with van der Waals surface area (Å²) in [6.07, 6.45) is -1.78. The summed E-state index contributed by atoms with van der Waals surface area (Å²) in [7, 11) is 0.754. The van der Waals surface area contributed by atoms with Crippen molar-refractivity contribution in [3.63, 3.8) is 0 Å². The number of aromatic nitrogens is 3. The van der Waals surface area contributed by atoms with E-state index in [2.05, 4.69) is 67.0 Å². The Kier molecular flexibility index (Phi) is 10.3. The highest BCUT2D eigenvalue weighted by molar-refractivity contribution is 7.81. The third kappa shape index (κ3) is 7.63. The molecule has 0 bridgehead atoms. The number of benzene rings is 1. The number of aryl methyl sites for hydroxylation is 1. The van der Waals surface area contributed by atoms with Crippen LogP contribution in [0.3, 0.4) is 0 Å². The van der Waals surface area contributed by atoms with Gasteiger partial charge >= 0.3 is 6.18 Å². The molecule has 1 aromatic carbocycles.